The number of imidazole rings is 1. The van der Waals surface area contributed by atoms with Crippen LogP contribution in [0.25, 0.3) is 0 Å². The zero-order chi connectivity index (χ0) is 9.42. The minimum Gasteiger partial charge on any atom is -0.334 e. The van der Waals surface area contributed by atoms with Crippen LogP contribution in [0, 0.1) is 0 Å². The van der Waals surface area contributed by atoms with Crippen LogP contribution in [0.4, 0.5) is 0 Å². The average molecular weight is 178 g/mol. The number of aryl methyl sites for hydroxylation is 1. The Labute approximate surface area is 80.0 Å². The molecule has 0 bridgehead atoms. The first-order chi connectivity index (χ1) is 6.18. The Balaban J connectivity index is 2.36. The molecule has 72 valence electrons. The van der Waals surface area contributed by atoms with Crippen LogP contribution in [-0.2, 0) is 6.54 Å². The van der Waals surface area contributed by atoms with Gasteiger partial charge >= 0.3 is 0 Å². The van der Waals surface area contributed by atoms with Crippen molar-refractivity contribution in [3.63, 3.8) is 0 Å². The Morgan fingerprint density at radius 1 is 1.54 bits per heavy atom. The molecule has 2 nitrogen and oxygen atoms in total. The summed E-state index contributed by atoms with van der Waals surface area (Å²) >= 11 is 0. The molecular weight excluding hydrogens is 160 g/mol. The van der Waals surface area contributed by atoms with Crippen molar-refractivity contribution in [2.75, 3.05) is 0 Å². The van der Waals surface area contributed by atoms with Crippen molar-refractivity contribution < 1.29 is 0 Å². The molecule has 1 aromatic heterocycles. The van der Waals surface area contributed by atoms with E-state index in [1.807, 2.05) is 0 Å². The van der Waals surface area contributed by atoms with Gasteiger partial charge in [0.15, 0.2) is 0 Å². The van der Waals surface area contributed by atoms with Crippen LogP contribution in [0.2, 0.25) is 0 Å². The van der Waals surface area contributed by atoms with Gasteiger partial charge in [0.1, 0.15) is 5.82 Å². The average Bonchev–Trinajstić information content (AvgIpc) is 2.49. The summed E-state index contributed by atoms with van der Waals surface area (Å²) in [6.45, 7) is 7.86. The maximum atomic E-state index is 4.69. The molecule has 0 N–H and O–H groups in total. The van der Waals surface area contributed by atoms with E-state index in [1.54, 1.807) is 0 Å². The lowest BCUT2D eigenvalue weighted by atomic mass is 10.0. The molecule has 0 fully saturated rings. The molecule has 1 aliphatic rings. The lowest BCUT2D eigenvalue weighted by molar-refractivity contribution is 0.463. The van der Waals surface area contributed by atoms with Crippen LogP contribution in [0.3, 0.4) is 0 Å². The Morgan fingerprint density at radius 3 is 2.92 bits per heavy atom. The Kier molecular flexibility index (Phi) is 2.14. The molecule has 0 aliphatic carbocycles. The molecule has 0 saturated heterocycles. The lowest BCUT2D eigenvalue weighted by Crippen LogP contribution is -2.12. The minimum absolute atomic E-state index is 0.560. The summed E-state index contributed by atoms with van der Waals surface area (Å²) in [7, 11) is 0. The predicted octanol–water partition coefficient (Wildman–Crippen LogP) is 2.90. The summed E-state index contributed by atoms with van der Waals surface area (Å²) in [5.74, 6) is 2.52. The van der Waals surface area contributed by atoms with Crippen molar-refractivity contribution in [2.24, 2.45) is 0 Å². The molecule has 2 heterocycles. The van der Waals surface area contributed by atoms with E-state index in [2.05, 4.69) is 31.5 Å². The van der Waals surface area contributed by atoms with E-state index in [4.69, 9.17) is 4.98 Å². The molecule has 2 heteroatoms. The van der Waals surface area contributed by atoms with E-state index in [1.165, 1.54) is 30.9 Å². The molecule has 0 amide bonds. The van der Waals surface area contributed by atoms with Crippen molar-refractivity contribution >= 4 is 0 Å². The van der Waals surface area contributed by atoms with Gasteiger partial charge in [-0.05, 0) is 18.8 Å². The molecule has 1 aromatic rings. The zero-order valence-electron chi connectivity index (χ0n) is 8.75. The van der Waals surface area contributed by atoms with Gasteiger partial charge in [-0.1, -0.05) is 20.8 Å². The quantitative estimate of drug-likeness (QED) is 0.646. The van der Waals surface area contributed by atoms with E-state index in [-0.39, 0.29) is 0 Å². The summed E-state index contributed by atoms with van der Waals surface area (Å²) in [4.78, 5) is 4.69. The number of hydrogen-bond acceptors (Lipinski definition) is 1. The number of hydrogen-bond donors (Lipinski definition) is 0. The Hall–Kier alpha value is -0.790. The van der Waals surface area contributed by atoms with Gasteiger partial charge < -0.3 is 4.57 Å². The maximum Gasteiger partial charge on any atom is 0.111 e. The molecule has 0 spiro atoms. The van der Waals surface area contributed by atoms with Gasteiger partial charge in [0, 0.05) is 18.7 Å². The summed E-state index contributed by atoms with van der Waals surface area (Å²) in [6.07, 6.45) is 4.84. The lowest BCUT2D eigenvalue weighted by Gasteiger charge is -2.19. The van der Waals surface area contributed by atoms with Gasteiger partial charge in [-0.3, -0.25) is 0 Å². The molecule has 0 saturated carbocycles. The summed E-state index contributed by atoms with van der Waals surface area (Å²) in [5.41, 5.74) is 1.25. The van der Waals surface area contributed by atoms with Gasteiger partial charge in [-0.15, -0.1) is 0 Å². The first kappa shape index (κ1) is 8.79. The highest BCUT2D eigenvalue weighted by molar-refractivity contribution is 5.12. The van der Waals surface area contributed by atoms with Crippen LogP contribution in [0.5, 0.6) is 0 Å². The second-order valence-electron chi connectivity index (χ2n) is 4.42. The van der Waals surface area contributed by atoms with Crippen LogP contribution in [0.15, 0.2) is 6.20 Å². The maximum absolute atomic E-state index is 4.69. The number of rotatable bonds is 1. The van der Waals surface area contributed by atoms with Gasteiger partial charge in [0.25, 0.3) is 0 Å². The SMILES string of the molecule is CC(C)c1cn2c(n1)C(C)CCC2. The fraction of sp³-hybridized carbons (Fsp3) is 0.727. The van der Waals surface area contributed by atoms with E-state index in [0.717, 1.165) is 0 Å². The van der Waals surface area contributed by atoms with E-state index in [9.17, 15) is 0 Å². The van der Waals surface area contributed by atoms with Crippen molar-refractivity contribution in [1.82, 2.24) is 9.55 Å². The van der Waals surface area contributed by atoms with Crippen LogP contribution < -0.4 is 0 Å². The molecule has 0 aromatic carbocycles. The van der Waals surface area contributed by atoms with E-state index < -0.39 is 0 Å². The van der Waals surface area contributed by atoms with Crippen LogP contribution >= 0.6 is 0 Å². The van der Waals surface area contributed by atoms with Gasteiger partial charge in [0.2, 0.25) is 0 Å². The van der Waals surface area contributed by atoms with Crippen molar-refractivity contribution in [3.8, 4) is 0 Å². The monoisotopic (exact) mass is 178 g/mol. The molecule has 0 radical (unpaired) electrons. The Bertz CT molecular complexity index is 299. The second kappa shape index (κ2) is 3.17. The summed E-state index contributed by atoms with van der Waals surface area (Å²) < 4.78 is 2.34. The van der Waals surface area contributed by atoms with Gasteiger partial charge in [-0.25, -0.2) is 4.98 Å². The molecule has 13 heavy (non-hydrogen) atoms. The molecule has 1 aliphatic heterocycles. The first-order valence-electron chi connectivity index (χ1n) is 5.25. The third-order valence-electron chi connectivity index (χ3n) is 2.89. The topological polar surface area (TPSA) is 17.8 Å². The number of fused-ring (bicyclic) bond motifs is 1. The van der Waals surface area contributed by atoms with E-state index >= 15 is 0 Å². The number of aromatic nitrogens is 2. The normalized spacial score (nSPS) is 22.0. The highest BCUT2D eigenvalue weighted by atomic mass is 15.1. The highest BCUT2D eigenvalue weighted by Crippen LogP contribution is 2.27. The van der Waals surface area contributed by atoms with E-state index in [0.29, 0.717) is 11.8 Å². The zero-order valence-corrected chi connectivity index (χ0v) is 8.75. The predicted molar refractivity (Wildman–Crippen MR) is 54.0 cm³/mol. The minimum atomic E-state index is 0.560. The van der Waals surface area contributed by atoms with Crippen molar-refractivity contribution in [1.29, 1.82) is 0 Å². The highest BCUT2D eigenvalue weighted by Gasteiger charge is 2.19. The van der Waals surface area contributed by atoms with Crippen molar-refractivity contribution in [2.45, 2.75) is 52.0 Å². The fourth-order valence-corrected chi connectivity index (χ4v) is 2.00. The third kappa shape index (κ3) is 1.50. The van der Waals surface area contributed by atoms with Crippen LogP contribution in [-0.4, -0.2) is 9.55 Å². The smallest absolute Gasteiger partial charge is 0.111 e. The summed E-state index contributed by atoms with van der Waals surface area (Å²) in [6, 6.07) is 0. The molecule has 2 rings (SSSR count). The number of nitrogens with zero attached hydrogens (tertiary/aromatic N) is 2. The largest absolute Gasteiger partial charge is 0.334 e. The molecule has 1 unspecified atom stereocenters. The van der Waals surface area contributed by atoms with Crippen molar-refractivity contribution in [3.05, 3.63) is 17.7 Å². The summed E-state index contributed by atoms with van der Waals surface area (Å²) in [5, 5.41) is 0. The van der Waals surface area contributed by atoms with Gasteiger partial charge in [-0.2, -0.15) is 0 Å². The standard InChI is InChI=1S/C11H18N2/c1-8(2)10-7-13-6-4-5-9(3)11(13)12-10/h7-9H,4-6H2,1-3H3. The fourth-order valence-electron chi connectivity index (χ4n) is 2.00. The first-order valence-corrected chi connectivity index (χ1v) is 5.25. The molecule has 1 atom stereocenters. The third-order valence-corrected chi connectivity index (χ3v) is 2.89. The van der Waals surface area contributed by atoms with Crippen LogP contribution in [0.1, 0.15) is 57.0 Å². The van der Waals surface area contributed by atoms with Gasteiger partial charge in [0.05, 0.1) is 5.69 Å². The molecular formula is C11H18N2. The Morgan fingerprint density at radius 2 is 2.31 bits per heavy atom. The second-order valence-corrected chi connectivity index (χ2v) is 4.42.